The molecule has 0 unspecified atom stereocenters. The first kappa shape index (κ1) is 17.0. The van der Waals surface area contributed by atoms with Crippen molar-refractivity contribution in [1.82, 2.24) is 4.90 Å². The van der Waals surface area contributed by atoms with Crippen LogP contribution in [0.5, 0.6) is 0 Å². The molecule has 0 bridgehead atoms. The summed E-state index contributed by atoms with van der Waals surface area (Å²) < 4.78 is 12.2. The van der Waals surface area contributed by atoms with E-state index in [0.717, 1.165) is 24.1 Å². The standard InChI is InChI=1S/C22H23NO3/c24-22-21(26-16-18-11-5-2-6-12-18)20(19-13-7-8-14-23(19)22)25-15-17-9-3-1-4-10-17/h1-7,9-13,19-21H,8,14-16H2/t19-,20-,21+/m0/s1. The van der Waals surface area contributed by atoms with Crippen molar-refractivity contribution in [2.24, 2.45) is 0 Å². The molecule has 2 aromatic carbocycles. The Morgan fingerprint density at radius 3 is 2.15 bits per heavy atom. The second-order valence-corrected chi connectivity index (χ2v) is 6.72. The van der Waals surface area contributed by atoms with E-state index in [1.54, 1.807) is 0 Å². The average molecular weight is 349 g/mol. The molecule has 0 saturated carbocycles. The molecule has 1 fully saturated rings. The Balaban J connectivity index is 1.49. The fourth-order valence-corrected chi connectivity index (χ4v) is 3.61. The molecular formula is C22H23NO3. The average Bonchev–Trinajstić information content (AvgIpc) is 2.98. The molecule has 1 amide bonds. The van der Waals surface area contributed by atoms with E-state index in [1.165, 1.54) is 0 Å². The van der Waals surface area contributed by atoms with E-state index in [1.807, 2.05) is 65.6 Å². The van der Waals surface area contributed by atoms with Crippen LogP contribution >= 0.6 is 0 Å². The van der Waals surface area contributed by atoms with Crippen LogP contribution < -0.4 is 0 Å². The first-order chi connectivity index (χ1) is 12.8. The van der Waals surface area contributed by atoms with Gasteiger partial charge in [-0.05, 0) is 17.5 Å². The topological polar surface area (TPSA) is 38.8 Å². The minimum absolute atomic E-state index is 0.0355. The summed E-state index contributed by atoms with van der Waals surface area (Å²) >= 11 is 0. The lowest BCUT2D eigenvalue weighted by molar-refractivity contribution is -0.142. The van der Waals surface area contributed by atoms with Gasteiger partial charge in [-0.25, -0.2) is 0 Å². The molecule has 0 spiro atoms. The minimum atomic E-state index is -0.563. The maximum absolute atomic E-state index is 12.9. The third-order valence-electron chi connectivity index (χ3n) is 4.95. The van der Waals surface area contributed by atoms with Gasteiger partial charge in [-0.1, -0.05) is 72.8 Å². The lowest BCUT2D eigenvalue weighted by atomic mass is 10.1. The molecule has 0 aromatic heterocycles. The van der Waals surface area contributed by atoms with Crippen molar-refractivity contribution in [2.75, 3.05) is 6.54 Å². The molecule has 2 heterocycles. The molecule has 2 aliphatic rings. The Bertz CT molecular complexity index is 759. The predicted molar refractivity (Wildman–Crippen MR) is 99.3 cm³/mol. The molecule has 2 aliphatic heterocycles. The smallest absolute Gasteiger partial charge is 0.255 e. The second kappa shape index (κ2) is 7.85. The molecule has 0 aliphatic carbocycles. The van der Waals surface area contributed by atoms with Gasteiger partial charge in [0.1, 0.15) is 6.10 Å². The Morgan fingerprint density at radius 1 is 0.885 bits per heavy atom. The summed E-state index contributed by atoms with van der Waals surface area (Å²) in [5, 5.41) is 0. The summed E-state index contributed by atoms with van der Waals surface area (Å²) in [6.07, 6.45) is 4.25. The van der Waals surface area contributed by atoms with Gasteiger partial charge in [-0.15, -0.1) is 0 Å². The number of amides is 1. The molecule has 4 rings (SSSR count). The molecular weight excluding hydrogens is 326 g/mol. The predicted octanol–water partition coefficient (Wildman–Crippen LogP) is 3.33. The first-order valence-electron chi connectivity index (χ1n) is 9.11. The number of hydrogen-bond acceptors (Lipinski definition) is 3. The monoisotopic (exact) mass is 349 g/mol. The molecule has 134 valence electrons. The number of fused-ring (bicyclic) bond motifs is 1. The van der Waals surface area contributed by atoms with Crippen LogP contribution in [0.2, 0.25) is 0 Å². The van der Waals surface area contributed by atoms with Crippen LogP contribution in [0.3, 0.4) is 0 Å². The van der Waals surface area contributed by atoms with Gasteiger partial charge in [0.15, 0.2) is 6.10 Å². The normalized spacial score (nSPS) is 24.7. The van der Waals surface area contributed by atoms with Crippen LogP contribution in [0.4, 0.5) is 0 Å². The van der Waals surface area contributed by atoms with E-state index >= 15 is 0 Å². The quantitative estimate of drug-likeness (QED) is 0.751. The number of hydrogen-bond donors (Lipinski definition) is 0. The molecule has 0 N–H and O–H groups in total. The molecule has 26 heavy (non-hydrogen) atoms. The van der Waals surface area contributed by atoms with Crippen LogP contribution in [-0.4, -0.2) is 35.6 Å². The largest absolute Gasteiger partial charge is 0.368 e. The third-order valence-corrected chi connectivity index (χ3v) is 4.95. The van der Waals surface area contributed by atoms with Crippen LogP contribution in [0, 0.1) is 0 Å². The number of benzene rings is 2. The van der Waals surface area contributed by atoms with Crippen molar-refractivity contribution < 1.29 is 14.3 Å². The Morgan fingerprint density at radius 2 is 1.50 bits per heavy atom. The lowest BCUT2D eigenvalue weighted by Crippen LogP contribution is -2.39. The van der Waals surface area contributed by atoms with Crippen molar-refractivity contribution in [2.45, 2.75) is 37.9 Å². The zero-order valence-corrected chi connectivity index (χ0v) is 14.7. The van der Waals surface area contributed by atoms with Crippen molar-refractivity contribution in [1.29, 1.82) is 0 Å². The van der Waals surface area contributed by atoms with E-state index in [0.29, 0.717) is 13.2 Å². The van der Waals surface area contributed by atoms with Crippen molar-refractivity contribution >= 4 is 5.91 Å². The summed E-state index contributed by atoms with van der Waals surface area (Å²) in [6.45, 7) is 1.62. The van der Waals surface area contributed by atoms with Gasteiger partial charge >= 0.3 is 0 Å². The fourth-order valence-electron chi connectivity index (χ4n) is 3.61. The number of ether oxygens (including phenoxy) is 2. The summed E-state index contributed by atoms with van der Waals surface area (Å²) in [7, 11) is 0. The first-order valence-corrected chi connectivity index (χ1v) is 9.11. The number of rotatable bonds is 6. The van der Waals surface area contributed by atoms with Gasteiger partial charge in [0.05, 0.1) is 19.3 Å². The highest BCUT2D eigenvalue weighted by atomic mass is 16.5. The molecule has 4 heteroatoms. The zero-order chi connectivity index (χ0) is 17.8. The minimum Gasteiger partial charge on any atom is -0.368 e. The molecule has 2 aromatic rings. The van der Waals surface area contributed by atoms with Crippen LogP contribution in [0.15, 0.2) is 72.8 Å². The van der Waals surface area contributed by atoms with E-state index in [4.69, 9.17) is 9.47 Å². The number of nitrogens with zero attached hydrogens (tertiary/aromatic N) is 1. The Kier molecular flexibility index (Phi) is 5.14. The van der Waals surface area contributed by atoms with Gasteiger partial charge in [-0.3, -0.25) is 4.79 Å². The fraction of sp³-hybridized carbons (Fsp3) is 0.318. The summed E-state index contributed by atoms with van der Waals surface area (Å²) in [6, 6.07) is 19.9. The molecule has 0 radical (unpaired) electrons. The van der Waals surface area contributed by atoms with E-state index < -0.39 is 6.10 Å². The zero-order valence-electron chi connectivity index (χ0n) is 14.7. The van der Waals surface area contributed by atoms with Crippen LogP contribution in [0.25, 0.3) is 0 Å². The molecule has 3 atom stereocenters. The van der Waals surface area contributed by atoms with Crippen LogP contribution in [0.1, 0.15) is 17.5 Å². The van der Waals surface area contributed by atoms with Crippen molar-refractivity contribution in [3.05, 3.63) is 83.9 Å². The van der Waals surface area contributed by atoms with Crippen molar-refractivity contribution in [3.63, 3.8) is 0 Å². The molecule has 4 nitrogen and oxygen atoms in total. The van der Waals surface area contributed by atoms with E-state index in [9.17, 15) is 4.79 Å². The van der Waals surface area contributed by atoms with Gasteiger partial charge in [-0.2, -0.15) is 0 Å². The number of carbonyl (C=O) groups excluding carboxylic acids is 1. The highest BCUT2D eigenvalue weighted by molar-refractivity contribution is 5.85. The van der Waals surface area contributed by atoms with Crippen LogP contribution in [-0.2, 0) is 27.5 Å². The molecule has 1 saturated heterocycles. The highest BCUT2D eigenvalue weighted by Gasteiger charge is 2.49. The summed E-state index contributed by atoms with van der Waals surface area (Å²) in [4.78, 5) is 14.8. The second-order valence-electron chi connectivity index (χ2n) is 6.72. The summed E-state index contributed by atoms with van der Waals surface area (Å²) in [5.74, 6) is 0.0355. The third kappa shape index (κ3) is 3.57. The Labute approximate surface area is 154 Å². The summed E-state index contributed by atoms with van der Waals surface area (Å²) in [5.41, 5.74) is 2.16. The van der Waals surface area contributed by atoms with Gasteiger partial charge in [0, 0.05) is 6.54 Å². The van der Waals surface area contributed by atoms with E-state index in [2.05, 4.69) is 12.2 Å². The lowest BCUT2D eigenvalue weighted by Gasteiger charge is -2.28. The maximum Gasteiger partial charge on any atom is 0.255 e. The van der Waals surface area contributed by atoms with Crippen molar-refractivity contribution in [3.8, 4) is 0 Å². The van der Waals surface area contributed by atoms with Gasteiger partial charge in [0.25, 0.3) is 5.91 Å². The van der Waals surface area contributed by atoms with Gasteiger partial charge in [0.2, 0.25) is 0 Å². The SMILES string of the molecule is O=C1[C@H](OCc2ccccc2)[C@@H](OCc2ccccc2)[C@@H]2C=CCCN12. The number of carbonyl (C=O) groups is 1. The highest BCUT2D eigenvalue weighted by Crippen LogP contribution is 2.30. The Hall–Kier alpha value is -2.43. The maximum atomic E-state index is 12.9. The van der Waals surface area contributed by atoms with E-state index in [-0.39, 0.29) is 18.1 Å². The van der Waals surface area contributed by atoms with Gasteiger partial charge < -0.3 is 14.4 Å².